The summed E-state index contributed by atoms with van der Waals surface area (Å²) in [7, 11) is 1.94. The Bertz CT molecular complexity index is 555. The number of nitrogens with one attached hydrogen (secondary N) is 1. The van der Waals surface area contributed by atoms with Gasteiger partial charge in [0.05, 0.1) is 0 Å². The summed E-state index contributed by atoms with van der Waals surface area (Å²) in [5.41, 5.74) is 3.32. The fourth-order valence-electron chi connectivity index (χ4n) is 2.02. The quantitative estimate of drug-likeness (QED) is 0.898. The summed E-state index contributed by atoms with van der Waals surface area (Å²) in [5, 5.41) is 4.11. The Morgan fingerprint density at radius 2 is 2.11 bits per heavy atom. The molecule has 1 aromatic heterocycles. The third-order valence-electron chi connectivity index (χ3n) is 3.08. The van der Waals surface area contributed by atoms with Crippen molar-refractivity contribution < 1.29 is 0 Å². The van der Waals surface area contributed by atoms with Crippen LogP contribution in [0.4, 0.5) is 0 Å². The summed E-state index contributed by atoms with van der Waals surface area (Å²) in [4.78, 5) is 4.41. The minimum absolute atomic E-state index is 0.168. The molecule has 0 saturated heterocycles. The fourth-order valence-corrected chi connectivity index (χ4v) is 2.62. The zero-order valence-corrected chi connectivity index (χ0v) is 13.3. The Hall–Kier alpha value is -0.900. The van der Waals surface area contributed by atoms with Gasteiger partial charge in [-0.05, 0) is 59.2 Å². The van der Waals surface area contributed by atoms with Crippen molar-refractivity contribution in [1.82, 2.24) is 10.3 Å². The Balaban J connectivity index is 2.22. The highest BCUT2D eigenvalue weighted by Gasteiger charge is 2.14. The van der Waals surface area contributed by atoms with E-state index < -0.39 is 0 Å². The molecule has 1 N–H and O–H groups in total. The van der Waals surface area contributed by atoms with Crippen LogP contribution in [0.5, 0.6) is 0 Å². The first-order valence-corrected chi connectivity index (χ1v) is 7.31. The van der Waals surface area contributed by atoms with E-state index in [0.29, 0.717) is 0 Å². The highest BCUT2D eigenvalue weighted by atomic mass is 79.9. The van der Waals surface area contributed by atoms with Crippen molar-refractivity contribution in [3.8, 4) is 0 Å². The van der Waals surface area contributed by atoms with Crippen molar-refractivity contribution >= 4 is 27.5 Å². The number of aryl methyl sites for hydroxylation is 1. The van der Waals surface area contributed by atoms with E-state index in [1.807, 2.05) is 38.4 Å². The molecule has 0 fully saturated rings. The predicted octanol–water partition coefficient (Wildman–Crippen LogP) is 4.31. The van der Waals surface area contributed by atoms with Crippen LogP contribution in [0.25, 0.3) is 0 Å². The van der Waals surface area contributed by atoms with Crippen LogP contribution >= 0.6 is 27.5 Å². The Kier molecular flexibility index (Phi) is 4.97. The molecule has 0 aliphatic rings. The van der Waals surface area contributed by atoms with Gasteiger partial charge in [-0.25, -0.2) is 0 Å². The maximum Gasteiger partial charge on any atom is 0.0456 e. The summed E-state index contributed by atoms with van der Waals surface area (Å²) in [6, 6.07) is 10.4. The largest absolute Gasteiger partial charge is 0.313 e. The number of rotatable bonds is 4. The van der Waals surface area contributed by atoms with E-state index >= 15 is 0 Å². The van der Waals surface area contributed by atoms with Gasteiger partial charge in [0.1, 0.15) is 0 Å². The van der Waals surface area contributed by atoms with Crippen LogP contribution in [0.15, 0.2) is 41.0 Å². The van der Waals surface area contributed by atoms with Gasteiger partial charge in [0.25, 0.3) is 0 Å². The van der Waals surface area contributed by atoms with E-state index in [1.165, 1.54) is 5.56 Å². The molecule has 0 bridgehead atoms. The van der Waals surface area contributed by atoms with E-state index in [4.69, 9.17) is 11.6 Å². The normalized spacial score (nSPS) is 12.4. The second kappa shape index (κ2) is 6.51. The maximum absolute atomic E-state index is 6.33. The summed E-state index contributed by atoms with van der Waals surface area (Å²) in [5.74, 6) is 0. The number of pyridine rings is 1. The lowest BCUT2D eigenvalue weighted by Crippen LogP contribution is -2.19. The molecule has 2 nitrogen and oxygen atoms in total. The molecule has 1 unspecified atom stereocenters. The van der Waals surface area contributed by atoms with Gasteiger partial charge in [-0.3, -0.25) is 4.98 Å². The van der Waals surface area contributed by atoms with Gasteiger partial charge in [-0.2, -0.15) is 0 Å². The van der Waals surface area contributed by atoms with Gasteiger partial charge in [-0.1, -0.05) is 23.7 Å². The second-order valence-electron chi connectivity index (χ2n) is 4.54. The third kappa shape index (κ3) is 3.78. The lowest BCUT2D eigenvalue weighted by atomic mass is 10.0. The molecule has 1 heterocycles. The van der Waals surface area contributed by atoms with Crippen LogP contribution in [-0.4, -0.2) is 12.0 Å². The average Bonchev–Trinajstić information content (AvgIpc) is 2.39. The second-order valence-corrected chi connectivity index (χ2v) is 5.86. The molecule has 0 amide bonds. The number of benzene rings is 1. The molecule has 2 rings (SSSR count). The molecule has 4 heteroatoms. The SMILES string of the molecule is CNC(Cc1ccc(Br)cn1)c1ccc(C)cc1Cl. The van der Waals surface area contributed by atoms with Gasteiger partial charge in [0, 0.05) is 33.8 Å². The Morgan fingerprint density at radius 3 is 2.68 bits per heavy atom. The highest BCUT2D eigenvalue weighted by molar-refractivity contribution is 9.10. The minimum atomic E-state index is 0.168. The van der Waals surface area contributed by atoms with Crippen LogP contribution in [0, 0.1) is 6.92 Å². The van der Waals surface area contributed by atoms with Crippen molar-refractivity contribution in [3.63, 3.8) is 0 Å². The molecule has 1 aromatic carbocycles. The zero-order chi connectivity index (χ0) is 13.8. The molecule has 0 aliphatic carbocycles. The number of hydrogen-bond acceptors (Lipinski definition) is 2. The topological polar surface area (TPSA) is 24.9 Å². The van der Waals surface area contributed by atoms with Crippen LogP contribution in [-0.2, 0) is 6.42 Å². The van der Waals surface area contributed by atoms with Gasteiger partial charge in [0.2, 0.25) is 0 Å². The molecule has 0 spiro atoms. The molecule has 0 radical (unpaired) electrons. The highest BCUT2D eigenvalue weighted by Crippen LogP contribution is 2.26. The van der Waals surface area contributed by atoms with Crippen molar-refractivity contribution in [1.29, 1.82) is 0 Å². The van der Waals surface area contributed by atoms with Crippen LogP contribution in [0.3, 0.4) is 0 Å². The third-order valence-corrected chi connectivity index (χ3v) is 3.88. The summed E-state index contributed by atoms with van der Waals surface area (Å²) < 4.78 is 0.991. The molecule has 2 aromatic rings. The van der Waals surface area contributed by atoms with Crippen molar-refractivity contribution in [2.75, 3.05) is 7.05 Å². The molecule has 100 valence electrons. The lowest BCUT2D eigenvalue weighted by Gasteiger charge is -2.18. The van der Waals surface area contributed by atoms with Crippen molar-refractivity contribution in [3.05, 3.63) is 62.8 Å². The van der Waals surface area contributed by atoms with E-state index in [1.54, 1.807) is 0 Å². The first-order chi connectivity index (χ1) is 9.10. The smallest absolute Gasteiger partial charge is 0.0456 e. The van der Waals surface area contributed by atoms with E-state index in [-0.39, 0.29) is 6.04 Å². The number of hydrogen-bond donors (Lipinski definition) is 1. The van der Waals surface area contributed by atoms with E-state index in [0.717, 1.165) is 27.2 Å². The maximum atomic E-state index is 6.33. The Morgan fingerprint density at radius 1 is 1.32 bits per heavy atom. The van der Waals surface area contributed by atoms with E-state index in [9.17, 15) is 0 Å². The molecule has 1 atom stereocenters. The summed E-state index contributed by atoms with van der Waals surface area (Å²) in [6.07, 6.45) is 2.63. The van der Waals surface area contributed by atoms with E-state index in [2.05, 4.69) is 38.4 Å². The molecule has 0 saturated carbocycles. The number of aromatic nitrogens is 1. The van der Waals surface area contributed by atoms with Crippen LogP contribution in [0.1, 0.15) is 22.9 Å². The first-order valence-electron chi connectivity index (χ1n) is 6.14. The number of nitrogens with zero attached hydrogens (tertiary/aromatic N) is 1. The zero-order valence-electron chi connectivity index (χ0n) is 11.0. The first kappa shape index (κ1) is 14.5. The lowest BCUT2D eigenvalue weighted by molar-refractivity contribution is 0.584. The van der Waals surface area contributed by atoms with Crippen molar-refractivity contribution in [2.45, 2.75) is 19.4 Å². The van der Waals surface area contributed by atoms with Crippen molar-refractivity contribution in [2.24, 2.45) is 0 Å². The van der Waals surface area contributed by atoms with Gasteiger partial charge >= 0.3 is 0 Å². The monoisotopic (exact) mass is 338 g/mol. The number of halogens is 2. The predicted molar refractivity (Wildman–Crippen MR) is 83.6 cm³/mol. The van der Waals surface area contributed by atoms with Gasteiger partial charge < -0.3 is 5.32 Å². The molecular formula is C15H16BrClN2. The molecule has 19 heavy (non-hydrogen) atoms. The van der Waals surface area contributed by atoms with Gasteiger partial charge in [0.15, 0.2) is 0 Å². The Labute approximate surface area is 127 Å². The van der Waals surface area contributed by atoms with Gasteiger partial charge in [-0.15, -0.1) is 0 Å². The minimum Gasteiger partial charge on any atom is -0.313 e. The van der Waals surface area contributed by atoms with Crippen LogP contribution in [0.2, 0.25) is 5.02 Å². The number of likely N-dealkylation sites (N-methyl/N-ethyl adjacent to an activating group) is 1. The average molecular weight is 340 g/mol. The van der Waals surface area contributed by atoms with Crippen LogP contribution < -0.4 is 5.32 Å². The molecular weight excluding hydrogens is 324 g/mol. The molecule has 0 aliphatic heterocycles. The summed E-state index contributed by atoms with van der Waals surface area (Å²) >= 11 is 9.72. The standard InChI is InChI=1S/C15H16BrClN2/c1-10-3-6-13(14(17)7-10)15(18-2)8-12-5-4-11(16)9-19-12/h3-7,9,15,18H,8H2,1-2H3. The fraction of sp³-hybridized carbons (Fsp3) is 0.267. The summed E-state index contributed by atoms with van der Waals surface area (Å²) in [6.45, 7) is 2.04.